The molecule has 0 saturated heterocycles. The Morgan fingerprint density at radius 2 is 1.95 bits per heavy atom. The summed E-state index contributed by atoms with van der Waals surface area (Å²) in [5.74, 6) is -0.388. The number of hydrogen-bond donors (Lipinski definition) is 0. The number of aromatic nitrogens is 1. The monoisotopic (exact) mass is 299 g/mol. The van der Waals surface area contributed by atoms with Gasteiger partial charge in [-0.1, -0.05) is 24.3 Å². The highest BCUT2D eigenvalue weighted by molar-refractivity contribution is 5.90. The molecule has 0 radical (unpaired) electrons. The molecule has 7 nitrogen and oxygen atoms in total. The molecule has 0 saturated carbocycles. The third kappa shape index (κ3) is 2.37. The first-order valence-corrected chi connectivity index (χ1v) is 6.64. The van der Waals surface area contributed by atoms with E-state index in [-0.39, 0.29) is 17.1 Å². The highest BCUT2D eigenvalue weighted by atomic mass is 16.6. The Balaban J connectivity index is 1.98. The summed E-state index contributed by atoms with van der Waals surface area (Å²) in [7, 11) is 1.22. The maximum atomic E-state index is 11.5. The van der Waals surface area contributed by atoms with E-state index in [0.717, 1.165) is 11.1 Å². The Morgan fingerprint density at radius 1 is 1.32 bits per heavy atom. The summed E-state index contributed by atoms with van der Waals surface area (Å²) < 4.78 is 4.57. The summed E-state index contributed by atoms with van der Waals surface area (Å²) in [5.41, 5.74) is 2.11. The summed E-state index contributed by atoms with van der Waals surface area (Å²) in [5, 5.41) is 11.3. The molecule has 0 atom stereocenters. The van der Waals surface area contributed by atoms with Gasteiger partial charge < -0.3 is 9.64 Å². The molecule has 2 aromatic rings. The van der Waals surface area contributed by atoms with Crippen LogP contribution >= 0.6 is 0 Å². The zero-order valence-corrected chi connectivity index (χ0v) is 11.9. The van der Waals surface area contributed by atoms with Gasteiger partial charge in [-0.05, 0) is 11.1 Å². The van der Waals surface area contributed by atoms with E-state index in [0.29, 0.717) is 13.1 Å². The predicted octanol–water partition coefficient (Wildman–Crippen LogP) is 2.30. The number of carbonyl (C=O) groups is 1. The first-order valence-electron chi connectivity index (χ1n) is 6.64. The molecule has 0 N–H and O–H groups in total. The minimum absolute atomic E-state index is 0.0645. The minimum atomic E-state index is -0.646. The smallest absolute Gasteiger partial charge is 0.339 e. The second-order valence-corrected chi connectivity index (χ2v) is 4.94. The SMILES string of the molecule is COC(=O)c1cnc(N2Cc3ccccc3C2)c([N+](=O)[O-])c1. The van der Waals surface area contributed by atoms with Crippen LogP contribution in [0.1, 0.15) is 21.5 Å². The Labute approximate surface area is 126 Å². The van der Waals surface area contributed by atoms with E-state index in [1.165, 1.54) is 19.4 Å². The average Bonchev–Trinajstić information content (AvgIpc) is 2.97. The van der Waals surface area contributed by atoms with Crippen LogP contribution < -0.4 is 4.90 Å². The summed E-state index contributed by atoms with van der Waals surface area (Å²) in [6, 6.07) is 9.06. The van der Waals surface area contributed by atoms with Crippen LogP contribution in [0.5, 0.6) is 0 Å². The minimum Gasteiger partial charge on any atom is -0.465 e. The van der Waals surface area contributed by atoms with Crippen molar-refractivity contribution in [3.8, 4) is 0 Å². The second kappa shape index (κ2) is 5.44. The summed E-state index contributed by atoms with van der Waals surface area (Å²) in [4.78, 5) is 28.2. The van der Waals surface area contributed by atoms with Gasteiger partial charge in [-0.25, -0.2) is 9.78 Å². The first kappa shape index (κ1) is 14.0. The molecule has 1 aromatic carbocycles. The van der Waals surface area contributed by atoms with Crippen LogP contribution in [0, 0.1) is 10.1 Å². The van der Waals surface area contributed by atoms with Crippen LogP contribution in [0.15, 0.2) is 36.5 Å². The van der Waals surface area contributed by atoms with Crippen molar-refractivity contribution in [1.29, 1.82) is 0 Å². The molecule has 112 valence electrons. The maximum absolute atomic E-state index is 11.5. The number of nitrogens with zero attached hydrogens (tertiary/aromatic N) is 3. The normalized spacial score (nSPS) is 12.9. The lowest BCUT2D eigenvalue weighted by atomic mass is 10.1. The standard InChI is InChI=1S/C15H13N3O4/c1-22-15(19)12-6-13(18(20)21)14(16-7-12)17-8-10-4-2-3-5-11(10)9-17/h2-7H,8-9H2,1H3. The lowest BCUT2D eigenvalue weighted by Crippen LogP contribution is -2.18. The van der Waals surface area contributed by atoms with E-state index in [4.69, 9.17) is 0 Å². The molecule has 1 aromatic heterocycles. The molecule has 3 rings (SSSR count). The molecule has 0 spiro atoms. The van der Waals surface area contributed by atoms with Crippen molar-refractivity contribution in [1.82, 2.24) is 4.98 Å². The van der Waals surface area contributed by atoms with E-state index >= 15 is 0 Å². The van der Waals surface area contributed by atoms with Gasteiger partial charge in [-0.15, -0.1) is 0 Å². The van der Waals surface area contributed by atoms with Crippen LogP contribution in [-0.4, -0.2) is 23.0 Å². The lowest BCUT2D eigenvalue weighted by molar-refractivity contribution is -0.384. The van der Waals surface area contributed by atoms with Crippen LogP contribution in [0.25, 0.3) is 0 Å². The number of rotatable bonds is 3. The van der Waals surface area contributed by atoms with Crippen LogP contribution in [0.2, 0.25) is 0 Å². The molecule has 22 heavy (non-hydrogen) atoms. The number of nitro groups is 1. The fourth-order valence-electron chi connectivity index (χ4n) is 2.54. The third-order valence-electron chi connectivity index (χ3n) is 3.61. The van der Waals surface area contributed by atoms with Crippen molar-refractivity contribution >= 4 is 17.5 Å². The third-order valence-corrected chi connectivity index (χ3v) is 3.61. The molecule has 1 aliphatic heterocycles. The second-order valence-electron chi connectivity index (χ2n) is 4.94. The molecule has 0 bridgehead atoms. The van der Waals surface area contributed by atoms with Gasteiger partial charge in [-0.3, -0.25) is 10.1 Å². The molecular weight excluding hydrogens is 286 g/mol. The number of hydrogen-bond acceptors (Lipinski definition) is 6. The van der Waals surface area contributed by atoms with Gasteiger partial charge in [0, 0.05) is 25.4 Å². The summed E-state index contributed by atoms with van der Waals surface area (Å²) in [6.07, 6.45) is 1.30. The summed E-state index contributed by atoms with van der Waals surface area (Å²) in [6.45, 7) is 1.11. The van der Waals surface area contributed by atoms with E-state index in [1.807, 2.05) is 29.2 Å². The number of methoxy groups -OCH3 is 1. The number of benzene rings is 1. The van der Waals surface area contributed by atoms with E-state index in [9.17, 15) is 14.9 Å². The average molecular weight is 299 g/mol. The van der Waals surface area contributed by atoms with Crippen molar-refractivity contribution in [2.24, 2.45) is 0 Å². The molecule has 2 heterocycles. The van der Waals surface area contributed by atoms with E-state index in [2.05, 4.69) is 9.72 Å². The molecule has 1 aliphatic rings. The predicted molar refractivity (Wildman–Crippen MR) is 78.6 cm³/mol. The van der Waals surface area contributed by atoms with Gasteiger partial charge >= 0.3 is 11.7 Å². The number of esters is 1. The fraction of sp³-hybridized carbons (Fsp3) is 0.200. The quantitative estimate of drug-likeness (QED) is 0.491. The summed E-state index contributed by atoms with van der Waals surface area (Å²) >= 11 is 0. The lowest BCUT2D eigenvalue weighted by Gasteiger charge is -2.16. The number of ether oxygens (including phenoxy) is 1. The molecule has 7 heteroatoms. The van der Waals surface area contributed by atoms with Gasteiger partial charge in [0.15, 0.2) is 0 Å². The molecule has 0 amide bonds. The zero-order valence-electron chi connectivity index (χ0n) is 11.9. The van der Waals surface area contributed by atoms with Gasteiger partial charge in [0.05, 0.1) is 17.6 Å². The number of anilines is 1. The van der Waals surface area contributed by atoms with Crippen molar-refractivity contribution < 1.29 is 14.5 Å². The van der Waals surface area contributed by atoms with Crippen molar-refractivity contribution in [2.45, 2.75) is 13.1 Å². The molecular formula is C15H13N3O4. The first-order chi connectivity index (χ1) is 10.6. The van der Waals surface area contributed by atoms with Gasteiger partial charge in [0.25, 0.3) is 0 Å². The van der Waals surface area contributed by atoms with Crippen molar-refractivity contribution in [3.63, 3.8) is 0 Å². The van der Waals surface area contributed by atoms with Crippen LogP contribution in [-0.2, 0) is 17.8 Å². The Bertz CT molecular complexity index is 735. The Kier molecular flexibility index (Phi) is 3.46. The maximum Gasteiger partial charge on any atom is 0.339 e. The molecule has 0 unspecified atom stereocenters. The van der Waals surface area contributed by atoms with Gasteiger partial charge in [0.1, 0.15) is 0 Å². The number of carbonyl (C=O) groups excluding carboxylic acids is 1. The van der Waals surface area contributed by atoms with Crippen LogP contribution in [0.4, 0.5) is 11.5 Å². The highest BCUT2D eigenvalue weighted by Crippen LogP contribution is 2.33. The van der Waals surface area contributed by atoms with Crippen molar-refractivity contribution in [2.75, 3.05) is 12.0 Å². The Hall–Kier alpha value is -2.96. The highest BCUT2D eigenvalue weighted by Gasteiger charge is 2.28. The van der Waals surface area contributed by atoms with Gasteiger partial charge in [-0.2, -0.15) is 0 Å². The topological polar surface area (TPSA) is 85.6 Å². The molecule has 0 fully saturated rings. The van der Waals surface area contributed by atoms with Crippen LogP contribution in [0.3, 0.4) is 0 Å². The number of fused-ring (bicyclic) bond motifs is 1. The van der Waals surface area contributed by atoms with E-state index < -0.39 is 10.9 Å². The Morgan fingerprint density at radius 3 is 2.50 bits per heavy atom. The zero-order chi connectivity index (χ0) is 15.7. The van der Waals surface area contributed by atoms with Gasteiger partial charge in [0.2, 0.25) is 5.82 Å². The van der Waals surface area contributed by atoms with E-state index in [1.54, 1.807) is 0 Å². The molecule has 0 aliphatic carbocycles. The van der Waals surface area contributed by atoms with Crippen molar-refractivity contribution in [3.05, 3.63) is 63.3 Å². The largest absolute Gasteiger partial charge is 0.465 e. The number of pyridine rings is 1. The fourth-order valence-corrected chi connectivity index (χ4v) is 2.54.